The van der Waals surface area contributed by atoms with Crippen molar-refractivity contribution in [3.63, 3.8) is 0 Å². The standard InChI is InChI=1S/C12H14O3/c1-7-2-3-9(12(7)4-5-12)8-6-10(13)15-11(8)14/h2-3,7-9H,4-6H2,1H3/t7-,8+,9+/m1/s1. The Bertz CT molecular complexity index is 365. The van der Waals surface area contributed by atoms with Crippen LogP contribution in [0.25, 0.3) is 0 Å². The molecule has 0 aromatic rings. The van der Waals surface area contributed by atoms with Crippen LogP contribution in [-0.2, 0) is 14.3 Å². The van der Waals surface area contributed by atoms with Crippen molar-refractivity contribution >= 4 is 11.9 Å². The summed E-state index contributed by atoms with van der Waals surface area (Å²) in [6, 6.07) is 0. The van der Waals surface area contributed by atoms with Gasteiger partial charge in [-0.2, -0.15) is 0 Å². The molecular weight excluding hydrogens is 192 g/mol. The lowest BCUT2D eigenvalue weighted by atomic mass is 9.77. The highest BCUT2D eigenvalue weighted by Gasteiger charge is 2.59. The molecule has 3 nitrogen and oxygen atoms in total. The summed E-state index contributed by atoms with van der Waals surface area (Å²) in [7, 11) is 0. The van der Waals surface area contributed by atoms with E-state index in [0.717, 1.165) is 0 Å². The fourth-order valence-electron chi connectivity index (χ4n) is 3.21. The first-order valence-electron chi connectivity index (χ1n) is 5.56. The minimum absolute atomic E-state index is 0.207. The number of rotatable bonds is 1. The van der Waals surface area contributed by atoms with Crippen LogP contribution in [0.1, 0.15) is 26.2 Å². The van der Waals surface area contributed by atoms with Crippen LogP contribution in [0.4, 0.5) is 0 Å². The lowest BCUT2D eigenvalue weighted by Gasteiger charge is -2.24. The van der Waals surface area contributed by atoms with Gasteiger partial charge in [-0.05, 0) is 30.1 Å². The summed E-state index contributed by atoms with van der Waals surface area (Å²) >= 11 is 0. The normalized spacial score (nSPS) is 41.3. The summed E-state index contributed by atoms with van der Waals surface area (Å²) in [6.45, 7) is 2.20. The van der Waals surface area contributed by atoms with Gasteiger partial charge in [0.15, 0.2) is 0 Å². The third-order valence-electron chi connectivity index (χ3n) is 4.34. The first-order valence-corrected chi connectivity index (χ1v) is 5.56. The Morgan fingerprint density at radius 1 is 1.33 bits per heavy atom. The molecule has 2 aliphatic carbocycles. The van der Waals surface area contributed by atoms with Crippen LogP contribution < -0.4 is 0 Å². The van der Waals surface area contributed by atoms with E-state index < -0.39 is 0 Å². The van der Waals surface area contributed by atoms with E-state index in [0.29, 0.717) is 5.92 Å². The molecule has 0 N–H and O–H groups in total. The Labute approximate surface area is 88.5 Å². The lowest BCUT2D eigenvalue weighted by Crippen LogP contribution is -2.26. The van der Waals surface area contributed by atoms with Crippen LogP contribution in [0.5, 0.6) is 0 Å². The second kappa shape index (κ2) is 2.71. The summed E-state index contributed by atoms with van der Waals surface area (Å²) in [4.78, 5) is 22.6. The number of allylic oxidation sites excluding steroid dienone is 2. The van der Waals surface area contributed by atoms with Crippen molar-refractivity contribution in [2.75, 3.05) is 0 Å². The molecular formula is C12H14O3. The van der Waals surface area contributed by atoms with Gasteiger partial charge in [0.25, 0.3) is 0 Å². The van der Waals surface area contributed by atoms with Crippen molar-refractivity contribution in [1.82, 2.24) is 0 Å². The van der Waals surface area contributed by atoms with Crippen LogP contribution in [0.15, 0.2) is 12.2 Å². The largest absolute Gasteiger partial charge is 0.393 e. The number of esters is 2. The van der Waals surface area contributed by atoms with Gasteiger partial charge in [0, 0.05) is 0 Å². The van der Waals surface area contributed by atoms with Gasteiger partial charge >= 0.3 is 11.9 Å². The Morgan fingerprint density at radius 2 is 2.07 bits per heavy atom. The van der Waals surface area contributed by atoms with Crippen LogP contribution in [0.2, 0.25) is 0 Å². The Kier molecular flexibility index (Phi) is 1.65. The quantitative estimate of drug-likeness (QED) is 0.372. The first-order chi connectivity index (χ1) is 7.13. The van der Waals surface area contributed by atoms with E-state index in [2.05, 4.69) is 23.8 Å². The molecule has 3 rings (SSSR count). The molecule has 0 radical (unpaired) electrons. The van der Waals surface area contributed by atoms with Crippen molar-refractivity contribution in [2.45, 2.75) is 26.2 Å². The molecule has 2 fully saturated rings. The smallest absolute Gasteiger partial charge is 0.317 e. The SMILES string of the molecule is C[C@@H]1C=C[C@@H]([C@@H]2CC(=O)OC2=O)C12CC2. The fourth-order valence-corrected chi connectivity index (χ4v) is 3.21. The third kappa shape index (κ3) is 1.12. The number of carbonyl (C=O) groups excluding carboxylic acids is 2. The summed E-state index contributed by atoms with van der Waals surface area (Å²) < 4.78 is 4.63. The Morgan fingerprint density at radius 3 is 2.60 bits per heavy atom. The van der Waals surface area contributed by atoms with Crippen molar-refractivity contribution in [2.24, 2.45) is 23.2 Å². The number of carbonyl (C=O) groups is 2. The van der Waals surface area contributed by atoms with Crippen molar-refractivity contribution in [3.8, 4) is 0 Å². The predicted octanol–water partition coefficient (Wildman–Crippen LogP) is 1.68. The molecule has 3 atom stereocenters. The second-order valence-corrected chi connectivity index (χ2v) is 5.04. The highest BCUT2D eigenvalue weighted by Crippen LogP contribution is 2.64. The van der Waals surface area contributed by atoms with E-state index in [9.17, 15) is 9.59 Å². The topological polar surface area (TPSA) is 43.4 Å². The Hall–Kier alpha value is -1.12. The average molecular weight is 206 g/mol. The average Bonchev–Trinajstić information content (AvgIpc) is 2.82. The predicted molar refractivity (Wildman–Crippen MR) is 52.7 cm³/mol. The highest BCUT2D eigenvalue weighted by molar-refractivity contribution is 5.95. The van der Waals surface area contributed by atoms with E-state index in [1.54, 1.807) is 0 Å². The zero-order valence-corrected chi connectivity index (χ0v) is 8.73. The van der Waals surface area contributed by atoms with Crippen LogP contribution >= 0.6 is 0 Å². The van der Waals surface area contributed by atoms with E-state index in [1.165, 1.54) is 12.8 Å². The van der Waals surface area contributed by atoms with E-state index in [1.807, 2.05) is 0 Å². The molecule has 3 aliphatic rings. The maximum Gasteiger partial charge on any atom is 0.317 e. The number of cyclic esters (lactones) is 2. The first kappa shape index (κ1) is 9.13. The third-order valence-corrected chi connectivity index (χ3v) is 4.34. The minimum Gasteiger partial charge on any atom is -0.393 e. The Balaban J connectivity index is 1.87. The molecule has 1 aliphatic heterocycles. The monoisotopic (exact) mass is 206 g/mol. The van der Waals surface area contributed by atoms with Crippen molar-refractivity contribution in [1.29, 1.82) is 0 Å². The molecule has 1 heterocycles. The van der Waals surface area contributed by atoms with Gasteiger partial charge in [-0.1, -0.05) is 19.1 Å². The summed E-state index contributed by atoms with van der Waals surface area (Å²) in [5.41, 5.74) is 0.286. The molecule has 3 heteroatoms. The van der Waals surface area contributed by atoms with Gasteiger partial charge in [-0.3, -0.25) is 9.59 Å². The molecule has 1 saturated carbocycles. The number of ether oxygens (including phenoxy) is 1. The van der Waals surface area contributed by atoms with E-state index in [-0.39, 0.29) is 35.6 Å². The van der Waals surface area contributed by atoms with Gasteiger partial charge in [-0.15, -0.1) is 0 Å². The highest BCUT2D eigenvalue weighted by atomic mass is 16.6. The molecule has 80 valence electrons. The van der Waals surface area contributed by atoms with Gasteiger partial charge in [0.2, 0.25) is 0 Å². The fraction of sp³-hybridized carbons (Fsp3) is 0.667. The zero-order valence-electron chi connectivity index (χ0n) is 8.73. The van der Waals surface area contributed by atoms with E-state index in [4.69, 9.17) is 0 Å². The molecule has 0 bridgehead atoms. The number of hydrogen-bond donors (Lipinski definition) is 0. The molecule has 0 aromatic carbocycles. The van der Waals surface area contributed by atoms with E-state index >= 15 is 0 Å². The molecule has 0 unspecified atom stereocenters. The summed E-state index contributed by atoms with van der Waals surface area (Å²) in [5, 5.41) is 0. The molecule has 1 spiro atoms. The van der Waals surface area contributed by atoms with Crippen molar-refractivity contribution < 1.29 is 14.3 Å². The minimum atomic E-state index is -0.353. The van der Waals surface area contributed by atoms with Crippen LogP contribution in [0.3, 0.4) is 0 Å². The van der Waals surface area contributed by atoms with Gasteiger partial charge in [0.1, 0.15) is 0 Å². The maximum absolute atomic E-state index is 11.5. The molecule has 0 amide bonds. The van der Waals surface area contributed by atoms with Crippen LogP contribution in [-0.4, -0.2) is 11.9 Å². The van der Waals surface area contributed by atoms with Crippen molar-refractivity contribution in [3.05, 3.63) is 12.2 Å². The summed E-state index contributed by atoms with van der Waals surface area (Å²) in [6.07, 6.45) is 6.96. The second-order valence-electron chi connectivity index (χ2n) is 5.04. The molecule has 15 heavy (non-hydrogen) atoms. The van der Waals surface area contributed by atoms with Gasteiger partial charge in [0.05, 0.1) is 12.3 Å². The molecule has 0 aromatic heterocycles. The zero-order chi connectivity index (χ0) is 10.6. The molecule has 1 saturated heterocycles. The summed E-state index contributed by atoms with van der Waals surface area (Å²) in [5.74, 6) is -0.0811. The van der Waals surface area contributed by atoms with Gasteiger partial charge < -0.3 is 4.74 Å². The van der Waals surface area contributed by atoms with Gasteiger partial charge in [-0.25, -0.2) is 0 Å². The van der Waals surface area contributed by atoms with Crippen LogP contribution in [0, 0.1) is 23.2 Å². The lowest BCUT2D eigenvalue weighted by molar-refractivity contribution is -0.153. The number of hydrogen-bond acceptors (Lipinski definition) is 3. The maximum atomic E-state index is 11.5.